The third-order valence-corrected chi connectivity index (χ3v) is 2.30. The van der Waals surface area contributed by atoms with Crippen LogP contribution >= 0.6 is 22.6 Å². The number of benzene rings is 1. The van der Waals surface area contributed by atoms with Gasteiger partial charge in [0.15, 0.2) is 0 Å². The first-order valence-corrected chi connectivity index (χ1v) is 4.74. The van der Waals surface area contributed by atoms with Crippen LogP contribution in [0.15, 0.2) is 24.3 Å². The summed E-state index contributed by atoms with van der Waals surface area (Å²) in [7, 11) is 1.58. The normalized spacial score (nSPS) is 12.9. The van der Waals surface area contributed by atoms with Gasteiger partial charge in [0.25, 0.3) is 0 Å². The number of halogens is 1. The summed E-state index contributed by atoms with van der Waals surface area (Å²) < 4.78 is 6.00. The molecule has 1 atom stereocenters. The fraction of sp³-hybridized carbons (Fsp3) is 0.333. The molecule has 12 heavy (non-hydrogen) atoms. The standard InChI is InChI=1S/C9H11IO2/c1-12-6-9(11)7-2-4-8(10)5-3-7/h2-5,9,11H,6H2,1H3. The molecule has 3 heteroatoms. The van der Waals surface area contributed by atoms with Gasteiger partial charge in [-0.2, -0.15) is 0 Å². The summed E-state index contributed by atoms with van der Waals surface area (Å²) >= 11 is 2.23. The molecule has 0 spiro atoms. The molecule has 1 unspecified atom stereocenters. The minimum absolute atomic E-state index is 0.348. The molecular weight excluding hydrogens is 267 g/mol. The second kappa shape index (κ2) is 4.79. The van der Waals surface area contributed by atoms with Crippen molar-refractivity contribution in [1.29, 1.82) is 0 Å². The third kappa shape index (κ3) is 2.73. The van der Waals surface area contributed by atoms with Crippen LogP contribution < -0.4 is 0 Å². The molecular formula is C9H11IO2. The van der Waals surface area contributed by atoms with Crippen LogP contribution in [-0.2, 0) is 4.74 Å². The molecule has 0 amide bonds. The zero-order valence-corrected chi connectivity index (χ0v) is 8.98. The molecule has 0 fully saturated rings. The van der Waals surface area contributed by atoms with Crippen molar-refractivity contribution in [2.45, 2.75) is 6.10 Å². The molecule has 1 aromatic carbocycles. The average Bonchev–Trinajstić information content (AvgIpc) is 2.06. The van der Waals surface area contributed by atoms with Gasteiger partial charge < -0.3 is 9.84 Å². The van der Waals surface area contributed by atoms with Gasteiger partial charge in [-0.05, 0) is 40.3 Å². The highest BCUT2D eigenvalue weighted by Crippen LogP contribution is 2.14. The maximum absolute atomic E-state index is 9.48. The van der Waals surface area contributed by atoms with Crippen molar-refractivity contribution in [3.05, 3.63) is 33.4 Å². The zero-order chi connectivity index (χ0) is 8.97. The molecule has 1 aromatic rings. The van der Waals surface area contributed by atoms with Crippen LogP contribution in [0.3, 0.4) is 0 Å². The molecule has 0 aromatic heterocycles. The minimum atomic E-state index is -0.507. The van der Waals surface area contributed by atoms with Gasteiger partial charge in [0.1, 0.15) is 6.10 Å². The van der Waals surface area contributed by atoms with Crippen molar-refractivity contribution < 1.29 is 9.84 Å². The van der Waals surface area contributed by atoms with Gasteiger partial charge in [-0.1, -0.05) is 12.1 Å². The first kappa shape index (κ1) is 9.95. The van der Waals surface area contributed by atoms with E-state index in [1.165, 1.54) is 3.57 Å². The van der Waals surface area contributed by atoms with Crippen LogP contribution in [0.25, 0.3) is 0 Å². The van der Waals surface area contributed by atoms with Crippen molar-refractivity contribution in [2.24, 2.45) is 0 Å². The number of aliphatic hydroxyl groups is 1. The Hall–Kier alpha value is -0.130. The van der Waals surface area contributed by atoms with Crippen molar-refractivity contribution in [3.8, 4) is 0 Å². The topological polar surface area (TPSA) is 29.5 Å². The van der Waals surface area contributed by atoms with Crippen molar-refractivity contribution in [1.82, 2.24) is 0 Å². The first-order valence-electron chi connectivity index (χ1n) is 3.66. The van der Waals surface area contributed by atoms with Crippen LogP contribution in [0.1, 0.15) is 11.7 Å². The molecule has 0 aliphatic rings. The Kier molecular flexibility index (Phi) is 3.97. The number of ether oxygens (including phenoxy) is 1. The highest BCUT2D eigenvalue weighted by Gasteiger charge is 2.05. The summed E-state index contributed by atoms with van der Waals surface area (Å²) in [5.41, 5.74) is 0.900. The lowest BCUT2D eigenvalue weighted by Crippen LogP contribution is -2.04. The molecule has 1 N–H and O–H groups in total. The molecule has 0 aliphatic carbocycles. The lowest BCUT2D eigenvalue weighted by molar-refractivity contribution is 0.0644. The average molecular weight is 278 g/mol. The lowest BCUT2D eigenvalue weighted by Gasteiger charge is -2.08. The Bertz CT molecular complexity index is 233. The maximum atomic E-state index is 9.48. The predicted octanol–water partition coefficient (Wildman–Crippen LogP) is 1.97. The van der Waals surface area contributed by atoms with E-state index in [2.05, 4.69) is 22.6 Å². The van der Waals surface area contributed by atoms with Gasteiger partial charge >= 0.3 is 0 Å². The van der Waals surface area contributed by atoms with E-state index in [0.717, 1.165) is 5.56 Å². The van der Waals surface area contributed by atoms with Crippen molar-refractivity contribution in [2.75, 3.05) is 13.7 Å². The quantitative estimate of drug-likeness (QED) is 0.857. The minimum Gasteiger partial charge on any atom is -0.386 e. The SMILES string of the molecule is COCC(O)c1ccc(I)cc1. The van der Waals surface area contributed by atoms with Crippen LogP contribution in [0, 0.1) is 3.57 Å². The molecule has 0 aliphatic heterocycles. The predicted molar refractivity (Wildman–Crippen MR) is 56.0 cm³/mol. The summed E-state index contributed by atoms with van der Waals surface area (Å²) in [5.74, 6) is 0. The van der Waals surface area contributed by atoms with Crippen LogP contribution in [-0.4, -0.2) is 18.8 Å². The van der Waals surface area contributed by atoms with Crippen LogP contribution in [0.5, 0.6) is 0 Å². The summed E-state index contributed by atoms with van der Waals surface area (Å²) in [6.07, 6.45) is -0.507. The van der Waals surface area contributed by atoms with Gasteiger partial charge in [-0.15, -0.1) is 0 Å². The molecule has 0 heterocycles. The molecule has 2 nitrogen and oxygen atoms in total. The van der Waals surface area contributed by atoms with E-state index in [1.54, 1.807) is 7.11 Å². The summed E-state index contributed by atoms with van der Waals surface area (Å²) in [6, 6.07) is 7.75. The Morgan fingerprint density at radius 2 is 2.00 bits per heavy atom. The molecule has 0 saturated heterocycles. The summed E-state index contributed by atoms with van der Waals surface area (Å²) in [5, 5.41) is 9.48. The van der Waals surface area contributed by atoms with E-state index in [4.69, 9.17) is 4.74 Å². The van der Waals surface area contributed by atoms with E-state index in [0.29, 0.717) is 6.61 Å². The molecule has 0 saturated carbocycles. The highest BCUT2D eigenvalue weighted by molar-refractivity contribution is 14.1. The number of hydrogen-bond acceptors (Lipinski definition) is 2. The van der Waals surface area contributed by atoms with Gasteiger partial charge in [0.2, 0.25) is 0 Å². The summed E-state index contributed by atoms with van der Waals surface area (Å²) in [6.45, 7) is 0.348. The molecule has 66 valence electrons. The third-order valence-electron chi connectivity index (χ3n) is 1.58. The van der Waals surface area contributed by atoms with Crippen LogP contribution in [0.4, 0.5) is 0 Å². The Morgan fingerprint density at radius 3 is 2.50 bits per heavy atom. The van der Waals surface area contributed by atoms with Gasteiger partial charge in [0, 0.05) is 10.7 Å². The highest BCUT2D eigenvalue weighted by atomic mass is 127. The number of methoxy groups -OCH3 is 1. The fourth-order valence-corrected chi connectivity index (χ4v) is 1.30. The smallest absolute Gasteiger partial charge is 0.102 e. The molecule has 1 rings (SSSR count). The van der Waals surface area contributed by atoms with Gasteiger partial charge in [0.05, 0.1) is 6.61 Å². The molecule has 0 radical (unpaired) electrons. The number of hydrogen-bond donors (Lipinski definition) is 1. The zero-order valence-electron chi connectivity index (χ0n) is 6.83. The van der Waals surface area contributed by atoms with Gasteiger partial charge in [-0.25, -0.2) is 0 Å². The maximum Gasteiger partial charge on any atom is 0.102 e. The molecule has 0 bridgehead atoms. The van der Waals surface area contributed by atoms with Crippen molar-refractivity contribution >= 4 is 22.6 Å². The van der Waals surface area contributed by atoms with E-state index >= 15 is 0 Å². The fourth-order valence-electron chi connectivity index (χ4n) is 0.939. The first-order chi connectivity index (χ1) is 5.74. The van der Waals surface area contributed by atoms with E-state index in [1.807, 2.05) is 24.3 Å². The van der Waals surface area contributed by atoms with E-state index < -0.39 is 6.10 Å². The van der Waals surface area contributed by atoms with E-state index in [-0.39, 0.29) is 0 Å². The largest absolute Gasteiger partial charge is 0.386 e. The van der Waals surface area contributed by atoms with E-state index in [9.17, 15) is 5.11 Å². The Morgan fingerprint density at radius 1 is 1.42 bits per heavy atom. The number of rotatable bonds is 3. The second-order valence-corrected chi connectivity index (χ2v) is 3.77. The Labute approximate surface area is 85.7 Å². The number of aliphatic hydroxyl groups excluding tert-OH is 1. The van der Waals surface area contributed by atoms with Gasteiger partial charge in [-0.3, -0.25) is 0 Å². The lowest BCUT2D eigenvalue weighted by atomic mass is 10.1. The monoisotopic (exact) mass is 278 g/mol. The Balaban J connectivity index is 2.68. The second-order valence-electron chi connectivity index (χ2n) is 2.52. The summed E-state index contributed by atoms with van der Waals surface area (Å²) in [4.78, 5) is 0. The van der Waals surface area contributed by atoms with Crippen LogP contribution in [0.2, 0.25) is 0 Å². The van der Waals surface area contributed by atoms with Crippen molar-refractivity contribution in [3.63, 3.8) is 0 Å².